The molecule has 1 unspecified atom stereocenters. The molecule has 0 spiro atoms. The van der Waals surface area contributed by atoms with Crippen molar-refractivity contribution in [1.82, 2.24) is 15.3 Å². The number of ether oxygens (including phenoxy) is 1. The zero-order chi connectivity index (χ0) is 30.7. The van der Waals surface area contributed by atoms with Gasteiger partial charge in [-0.1, -0.05) is 37.1 Å². The quantitative estimate of drug-likeness (QED) is 0.310. The molecule has 2 amide bonds. The summed E-state index contributed by atoms with van der Waals surface area (Å²) in [7, 11) is 0. The number of hydrogen-bond acceptors (Lipinski definition) is 7. The van der Waals surface area contributed by atoms with Crippen LogP contribution in [0.4, 0.5) is 16.3 Å². The molecular weight excluding hydrogens is 546 g/mol. The van der Waals surface area contributed by atoms with Gasteiger partial charge < -0.3 is 20.1 Å². The van der Waals surface area contributed by atoms with Crippen LogP contribution in [0.2, 0.25) is 0 Å². The number of carbonyl (C=O) groups is 3. The molecule has 1 aliphatic heterocycles. The first-order chi connectivity index (χ1) is 20.5. The third-order valence-corrected chi connectivity index (χ3v) is 7.96. The lowest BCUT2D eigenvalue weighted by atomic mass is 9.85. The predicted octanol–water partition coefficient (Wildman–Crippen LogP) is 5.95. The van der Waals surface area contributed by atoms with Crippen molar-refractivity contribution < 1.29 is 24.2 Å². The number of aliphatic carboxylic acids is 1. The van der Waals surface area contributed by atoms with Crippen LogP contribution < -0.4 is 15.5 Å². The molecule has 3 aromatic rings. The molecular formula is C33H39N5O5. The van der Waals surface area contributed by atoms with Crippen LogP contribution in [0.3, 0.4) is 0 Å². The number of aromatic nitrogens is 2. The van der Waals surface area contributed by atoms with E-state index in [1.807, 2.05) is 56.0 Å². The van der Waals surface area contributed by atoms with Crippen LogP contribution in [0, 0.1) is 12.8 Å². The largest absolute Gasteiger partial charge is 0.480 e. The van der Waals surface area contributed by atoms with Gasteiger partial charge in [0.15, 0.2) is 0 Å². The number of fused-ring (bicyclic) bond motifs is 1. The van der Waals surface area contributed by atoms with Gasteiger partial charge in [-0.25, -0.2) is 19.6 Å². The van der Waals surface area contributed by atoms with Gasteiger partial charge >= 0.3 is 12.1 Å². The zero-order valence-corrected chi connectivity index (χ0v) is 25.1. The SMILES string of the molecule is Cc1nc(CNC(=O)c2ccc(-c3ccc(NC(=O)OC(C)(C)C)cc3)cc2)cc(N2C(C(=O)O)C[C@@H]3CCCC[C@@H]32)n1. The highest BCUT2D eigenvalue weighted by molar-refractivity contribution is 5.94. The Morgan fingerprint density at radius 3 is 2.28 bits per heavy atom. The second-order valence-corrected chi connectivity index (χ2v) is 12.3. The number of anilines is 2. The summed E-state index contributed by atoms with van der Waals surface area (Å²) in [5, 5.41) is 15.6. The molecule has 1 saturated carbocycles. The molecule has 2 heterocycles. The van der Waals surface area contributed by atoms with Crippen LogP contribution >= 0.6 is 0 Å². The van der Waals surface area contributed by atoms with Gasteiger partial charge in [0.1, 0.15) is 23.3 Å². The molecule has 0 bridgehead atoms. The Balaban J connectivity index is 1.22. The van der Waals surface area contributed by atoms with Gasteiger partial charge in [0, 0.05) is 23.4 Å². The monoisotopic (exact) mass is 585 g/mol. The van der Waals surface area contributed by atoms with Crippen LogP contribution in [0.1, 0.15) is 74.8 Å². The van der Waals surface area contributed by atoms with E-state index in [1.165, 1.54) is 0 Å². The van der Waals surface area contributed by atoms with Crippen LogP contribution in [-0.4, -0.2) is 50.7 Å². The third kappa shape index (κ3) is 7.31. The number of carboxylic acids is 1. The van der Waals surface area contributed by atoms with Gasteiger partial charge in [0.2, 0.25) is 0 Å². The fourth-order valence-electron chi connectivity index (χ4n) is 6.10. The number of carboxylic acid groups (broad SMARTS) is 1. The van der Waals surface area contributed by atoms with Gasteiger partial charge in [0.25, 0.3) is 5.91 Å². The average molecular weight is 586 g/mol. The lowest BCUT2D eigenvalue weighted by molar-refractivity contribution is -0.138. The Hall–Kier alpha value is -4.47. The van der Waals surface area contributed by atoms with Crippen molar-refractivity contribution in [3.05, 3.63) is 71.7 Å². The number of carbonyl (C=O) groups excluding carboxylic acids is 2. The minimum absolute atomic E-state index is 0.169. The van der Waals surface area contributed by atoms with E-state index in [-0.39, 0.29) is 18.5 Å². The summed E-state index contributed by atoms with van der Waals surface area (Å²) < 4.78 is 5.29. The van der Waals surface area contributed by atoms with E-state index in [0.717, 1.165) is 36.8 Å². The van der Waals surface area contributed by atoms with Crippen molar-refractivity contribution >= 4 is 29.5 Å². The maximum Gasteiger partial charge on any atom is 0.412 e. The van der Waals surface area contributed by atoms with E-state index in [2.05, 4.69) is 20.6 Å². The summed E-state index contributed by atoms with van der Waals surface area (Å²) >= 11 is 0. The number of aryl methyl sites for hydroxylation is 1. The standard InChI is InChI=1S/C33H39N5O5/c1-20-35-26(18-29(36-20)38-27-8-6-5-7-24(27)17-28(38)31(40)41)19-34-30(39)23-11-9-21(10-12-23)22-13-15-25(16-14-22)37-32(42)43-33(2,3)4/h9-16,18,24,27-28H,5-8,17,19H2,1-4H3,(H,34,39)(H,37,42)(H,40,41)/t24-,27-,28?/m0/s1. The van der Waals surface area contributed by atoms with E-state index in [4.69, 9.17) is 4.74 Å². The lowest BCUT2D eigenvalue weighted by Gasteiger charge is -2.34. The van der Waals surface area contributed by atoms with Crippen LogP contribution in [0.5, 0.6) is 0 Å². The normalized spacial score (nSPS) is 19.8. The maximum atomic E-state index is 13.0. The first kappa shape index (κ1) is 30.0. The summed E-state index contributed by atoms with van der Waals surface area (Å²) in [4.78, 5) is 48.2. The van der Waals surface area contributed by atoms with Gasteiger partial charge in [0.05, 0.1) is 12.2 Å². The highest BCUT2D eigenvalue weighted by Crippen LogP contribution is 2.42. The average Bonchev–Trinajstić information content (AvgIpc) is 3.35. The van der Waals surface area contributed by atoms with Crippen molar-refractivity contribution in [3.63, 3.8) is 0 Å². The van der Waals surface area contributed by atoms with Crippen molar-refractivity contribution in [2.45, 2.75) is 84.0 Å². The predicted molar refractivity (Wildman–Crippen MR) is 164 cm³/mol. The molecule has 0 radical (unpaired) electrons. The van der Waals surface area contributed by atoms with Crippen molar-refractivity contribution in [2.75, 3.05) is 10.2 Å². The summed E-state index contributed by atoms with van der Waals surface area (Å²) in [6.07, 6.45) is 4.37. The number of amides is 2. The van der Waals surface area contributed by atoms with E-state index in [0.29, 0.717) is 40.9 Å². The molecule has 1 aliphatic carbocycles. The summed E-state index contributed by atoms with van der Waals surface area (Å²) in [6.45, 7) is 7.42. The fourth-order valence-corrected chi connectivity index (χ4v) is 6.10. The first-order valence-electron chi connectivity index (χ1n) is 14.8. The van der Waals surface area contributed by atoms with Gasteiger partial charge in [-0.3, -0.25) is 10.1 Å². The molecule has 1 saturated heterocycles. The molecule has 3 N–H and O–H groups in total. The molecule has 2 aliphatic rings. The fraction of sp³-hybridized carbons (Fsp3) is 0.424. The Labute approximate surface area is 251 Å². The molecule has 43 heavy (non-hydrogen) atoms. The molecule has 1 aromatic heterocycles. The molecule has 2 fully saturated rings. The van der Waals surface area contributed by atoms with Crippen LogP contribution in [0.15, 0.2) is 54.6 Å². The smallest absolute Gasteiger partial charge is 0.412 e. The Morgan fingerprint density at radius 2 is 1.63 bits per heavy atom. The number of nitrogens with zero attached hydrogens (tertiary/aromatic N) is 3. The topological polar surface area (TPSA) is 134 Å². The molecule has 226 valence electrons. The lowest BCUT2D eigenvalue weighted by Crippen LogP contribution is -2.43. The highest BCUT2D eigenvalue weighted by atomic mass is 16.6. The Kier molecular flexibility index (Phi) is 8.66. The second kappa shape index (κ2) is 12.4. The van der Waals surface area contributed by atoms with E-state index < -0.39 is 23.7 Å². The second-order valence-electron chi connectivity index (χ2n) is 12.3. The van der Waals surface area contributed by atoms with Crippen molar-refractivity contribution in [1.29, 1.82) is 0 Å². The van der Waals surface area contributed by atoms with Crippen LogP contribution in [0.25, 0.3) is 11.1 Å². The highest BCUT2D eigenvalue weighted by Gasteiger charge is 2.46. The Morgan fingerprint density at radius 1 is 0.977 bits per heavy atom. The minimum Gasteiger partial charge on any atom is -0.480 e. The third-order valence-electron chi connectivity index (χ3n) is 7.96. The number of benzene rings is 2. The molecule has 3 atom stereocenters. The molecule has 5 rings (SSSR count). The van der Waals surface area contributed by atoms with E-state index >= 15 is 0 Å². The summed E-state index contributed by atoms with van der Waals surface area (Å²) in [5.41, 5.74) is 3.05. The first-order valence-corrected chi connectivity index (χ1v) is 14.8. The van der Waals surface area contributed by atoms with E-state index in [9.17, 15) is 19.5 Å². The van der Waals surface area contributed by atoms with Crippen LogP contribution in [-0.2, 0) is 16.1 Å². The number of rotatable bonds is 7. The number of nitrogens with one attached hydrogen (secondary N) is 2. The van der Waals surface area contributed by atoms with Crippen molar-refractivity contribution in [2.24, 2.45) is 5.92 Å². The van der Waals surface area contributed by atoms with Gasteiger partial charge in [-0.05, 0) is 88.3 Å². The number of hydrogen-bond donors (Lipinski definition) is 3. The summed E-state index contributed by atoms with van der Waals surface area (Å²) in [6, 6.07) is 16.0. The Bertz CT molecular complexity index is 1480. The molecule has 10 nitrogen and oxygen atoms in total. The van der Waals surface area contributed by atoms with E-state index in [1.54, 1.807) is 31.2 Å². The zero-order valence-electron chi connectivity index (χ0n) is 25.1. The molecule has 10 heteroatoms. The maximum absolute atomic E-state index is 13.0. The van der Waals surface area contributed by atoms with Gasteiger partial charge in [-0.15, -0.1) is 0 Å². The van der Waals surface area contributed by atoms with Gasteiger partial charge in [-0.2, -0.15) is 0 Å². The minimum atomic E-state index is -0.822. The van der Waals surface area contributed by atoms with Crippen molar-refractivity contribution in [3.8, 4) is 11.1 Å². The summed E-state index contributed by atoms with van der Waals surface area (Å²) in [5.74, 6) is 0.468. The molecule has 2 aromatic carbocycles.